The van der Waals surface area contributed by atoms with Crippen LogP contribution in [0.5, 0.6) is 5.88 Å². The van der Waals surface area contributed by atoms with Crippen molar-refractivity contribution >= 4 is 29.4 Å². The maximum Gasteiger partial charge on any atom is 0.230 e. The fourth-order valence-electron chi connectivity index (χ4n) is 2.13. The average molecular weight is 298 g/mol. The zero-order chi connectivity index (χ0) is 14.7. The van der Waals surface area contributed by atoms with Crippen LogP contribution in [0, 0.1) is 5.92 Å². The Labute approximate surface area is 122 Å². The summed E-state index contributed by atoms with van der Waals surface area (Å²) in [6.07, 6.45) is 2.00. The molecule has 7 heteroatoms. The Morgan fingerprint density at radius 2 is 2.45 bits per heavy atom. The van der Waals surface area contributed by atoms with Crippen molar-refractivity contribution in [1.29, 1.82) is 0 Å². The molecule has 1 saturated heterocycles. The molecule has 20 heavy (non-hydrogen) atoms. The highest BCUT2D eigenvalue weighted by Crippen LogP contribution is 2.26. The third-order valence-corrected chi connectivity index (χ3v) is 3.48. The molecule has 1 aliphatic heterocycles. The van der Waals surface area contributed by atoms with Crippen molar-refractivity contribution in [2.75, 3.05) is 19.3 Å². The number of nitrogens with zero attached hydrogens (tertiary/aromatic N) is 1. The van der Waals surface area contributed by atoms with Gasteiger partial charge in [-0.3, -0.25) is 9.79 Å². The maximum atomic E-state index is 11.2. The average Bonchev–Trinajstić information content (AvgIpc) is 2.80. The van der Waals surface area contributed by atoms with Gasteiger partial charge in [0.1, 0.15) is 23.9 Å². The lowest BCUT2D eigenvalue weighted by Gasteiger charge is -2.20. The normalized spacial score (nSPS) is 20.1. The van der Waals surface area contributed by atoms with Gasteiger partial charge in [-0.15, -0.1) is 0 Å². The molecule has 2 rings (SSSR count). The van der Waals surface area contributed by atoms with E-state index in [4.69, 9.17) is 22.1 Å². The Hall–Kier alpha value is -1.82. The van der Waals surface area contributed by atoms with Crippen molar-refractivity contribution in [3.8, 4) is 5.88 Å². The Kier molecular flexibility index (Phi) is 4.44. The number of rotatable bonds is 4. The van der Waals surface area contributed by atoms with Gasteiger partial charge in [-0.2, -0.15) is 0 Å². The van der Waals surface area contributed by atoms with Crippen LogP contribution < -0.4 is 20.8 Å². The number of aromatic nitrogens is 1. The van der Waals surface area contributed by atoms with Gasteiger partial charge in [-0.05, 0) is 13.0 Å². The zero-order valence-electron chi connectivity index (χ0n) is 11.4. The molecule has 1 aromatic rings. The Balaban J connectivity index is 2.21. The minimum Gasteiger partial charge on any atom is -0.474 e. The van der Waals surface area contributed by atoms with Crippen LogP contribution in [0.3, 0.4) is 0 Å². The molecular weight excluding hydrogens is 280 g/mol. The highest BCUT2D eigenvalue weighted by Gasteiger charge is 2.29. The number of anilines is 1. The van der Waals surface area contributed by atoms with E-state index in [-0.39, 0.29) is 23.1 Å². The van der Waals surface area contributed by atoms with Crippen LogP contribution in [0.25, 0.3) is 0 Å². The van der Waals surface area contributed by atoms with Crippen LogP contribution in [0.4, 0.5) is 5.69 Å². The molecule has 4 N–H and O–H groups in total. The van der Waals surface area contributed by atoms with Gasteiger partial charge in [0.05, 0.1) is 5.69 Å². The summed E-state index contributed by atoms with van der Waals surface area (Å²) < 4.78 is 5.85. The van der Waals surface area contributed by atoms with Crippen molar-refractivity contribution in [3.63, 3.8) is 0 Å². The van der Waals surface area contributed by atoms with E-state index in [0.29, 0.717) is 30.1 Å². The van der Waals surface area contributed by atoms with Gasteiger partial charge >= 0.3 is 0 Å². The van der Waals surface area contributed by atoms with E-state index in [9.17, 15) is 4.79 Å². The second-order valence-corrected chi connectivity index (χ2v) is 5.16. The number of hydrogen-bond acceptors (Lipinski definition) is 4. The van der Waals surface area contributed by atoms with Crippen LogP contribution in [-0.2, 0) is 4.79 Å². The van der Waals surface area contributed by atoms with Crippen LogP contribution in [-0.4, -0.2) is 36.8 Å². The topological polar surface area (TPSA) is 91.2 Å². The fraction of sp³-hybridized carbons (Fsp3) is 0.462. The molecule has 0 radical (unpaired) electrons. The Bertz CT molecular complexity index is 547. The first-order valence-corrected chi connectivity index (χ1v) is 6.79. The molecule has 1 fully saturated rings. The van der Waals surface area contributed by atoms with Gasteiger partial charge in [-0.1, -0.05) is 11.6 Å². The SMILES string of the molecule is C[NH+]=Cc1c(N)cc(Cl)nc1O[C@H](C)[C@H]1CNC(=O)C1. The van der Waals surface area contributed by atoms with Crippen LogP contribution >= 0.6 is 11.6 Å². The molecule has 1 aromatic heterocycles. The van der Waals surface area contributed by atoms with Crippen molar-refractivity contribution in [1.82, 2.24) is 10.3 Å². The Morgan fingerprint density at radius 3 is 3.05 bits per heavy atom. The van der Waals surface area contributed by atoms with E-state index in [2.05, 4.69) is 15.3 Å². The van der Waals surface area contributed by atoms with Crippen LogP contribution in [0.15, 0.2) is 6.07 Å². The van der Waals surface area contributed by atoms with Gasteiger partial charge in [0, 0.05) is 18.9 Å². The molecule has 0 aromatic carbocycles. The first-order valence-electron chi connectivity index (χ1n) is 6.41. The molecule has 0 saturated carbocycles. The minimum absolute atomic E-state index is 0.0472. The monoisotopic (exact) mass is 297 g/mol. The van der Waals surface area contributed by atoms with E-state index in [1.807, 2.05) is 6.92 Å². The van der Waals surface area contributed by atoms with Crippen molar-refractivity contribution in [2.45, 2.75) is 19.4 Å². The number of amides is 1. The number of carbonyl (C=O) groups is 1. The third-order valence-electron chi connectivity index (χ3n) is 3.28. The largest absolute Gasteiger partial charge is 0.474 e. The van der Waals surface area contributed by atoms with Gasteiger partial charge in [0.2, 0.25) is 11.8 Å². The summed E-state index contributed by atoms with van der Waals surface area (Å²) in [5, 5.41) is 3.07. The lowest BCUT2D eigenvalue weighted by molar-refractivity contribution is -0.413. The molecule has 0 spiro atoms. The molecule has 6 nitrogen and oxygen atoms in total. The van der Waals surface area contributed by atoms with Gasteiger partial charge in [-0.25, -0.2) is 4.98 Å². The molecule has 2 atom stereocenters. The summed E-state index contributed by atoms with van der Waals surface area (Å²) in [7, 11) is 1.76. The molecule has 108 valence electrons. The number of ether oxygens (including phenoxy) is 1. The minimum atomic E-state index is -0.164. The smallest absolute Gasteiger partial charge is 0.230 e. The second-order valence-electron chi connectivity index (χ2n) is 4.78. The fourth-order valence-corrected chi connectivity index (χ4v) is 2.32. The van der Waals surface area contributed by atoms with Crippen molar-refractivity contribution in [2.24, 2.45) is 5.92 Å². The third kappa shape index (κ3) is 3.19. The summed E-state index contributed by atoms with van der Waals surface area (Å²) in [5.74, 6) is 0.536. The summed E-state index contributed by atoms with van der Waals surface area (Å²) in [5.41, 5.74) is 7.06. The van der Waals surface area contributed by atoms with Gasteiger partial charge < -0.3 is 15.8 Å². The van der Waals surface area contributed by atoms with Crippen LogP contribution in [0.1, 0.15) is 18.9 Å². The quantitative estimate of drug-likeness (QED) is 0.509. The second kappa shape index (κ2) is 6.09. The van der Waals surface area contributed by atoms with Crippen LogP contribution in [0.2, 0.25) is 5.15 Å². The van der Waals surface area contributed by atoms with E-state index < -0.39 is 0 Å². The lowest BCUT2D eigenvalue weighted by atomic mass is 10.0. The standard InChI is InChI=1S/C13H17ClN4O2/c1-7(8-3-12(19)17-5-8)20-13-9(6-16-2)10(15)4-11(14)18-13/h4,6-8H,3,5H2,1-2H3,(H2,15,18)(H,17,19)/p+1/t7-,8-/m1/s1. The molecular formula is C13H18ClN4O2+. The predicted octanol–water partition coefficient (Wildman–Crippen LogP) is -0.650. The molecule has 0 bridgehead atoms. The van der Waals surface area contributed by atoms with Gasteiger partial charge in [0.25, 0.3) is 0 Å². The number of halogens is 1. The van der Waals surface area contributed by atoms with E-state index >= 15 is 0 Å². The number of nitrogen functional groups attached to an aromatic ring is 1. The highest BCUT2D eigenvalue weighted by molar-refractivity contribution is 6.29. The van der Waals surface area contributed by atoms with E-state index in [0.717, 1.165) is 0 Å². The number of nitrogens with two attached hydrogens (primary N) is 1. The first-order chi connectivity index (χ1) is 9.51. The highest BCUT2D eigenvalue weighted by atomic mass is 35.5. The van der Waals surface area contributed by atoms with E-state index in [1.54, 1.807) is 19.3 Å². The predicted molar refractivity (Wildman–Crippen MR) is 76.9 cm³/mol. The van der Waals surface area contributed by atoms with Crippen molar-refractivity contribution in [3.05, 3.63) is 16.8 Å². The number of hydrogen-bond donors (Lipinski definition) is 3. The zero-order valence-corrected chi connectivity index (χ0v) is 12.2. The Morgan fingerprint density at radius 1 is 1.70 bits per heavy atom. The van der Waals surface area contributed by atoms with Crippen molar-refractivity contribution < 1.29 is 14.5 Å². The molecule has 2 heterocycles. The summed E-state index contributed by atoms with van der Waals surface area (Å²) >= 11 is 5.92. The number of pyridine rings is 1. The molecule has 0 unspecified atom stereocenters. The summed E-state index contributed by atoms with van der Waals surface area (Å²) in [4.78, 5) is 18.3. The first kappa shape index (κ1) is 14.6. The molecule has 0 aliphatic carbocycles. The number of carbonyl (C=O) groups excluding carboxylic acids is 1. The molecule has 1 aliphatic rings. The number of nitrogens with one attached hydrogen (secondary N) is 2. The molecule has 1 amide bonds. The maximum absolute atomic E-state index is 11.2. The summed E-state index contributed by atoms with van der Waals surface area (Å²) in [6.45, 7) is 2.52. The van der Waals surface area contributed by atoms with E-state index in [1.165, 1.54) is 0 Å². The van der Waals surface area contributed by atoms with Gasteiger partial charge in [0.15, 0.2) is 6.21 Å². The summed E-state index contributed by atoms with van der Waals surface area (Å²) in [6, 6.07) is 1.57. The lowest BCUT2D eigenvalue weighted by Crippen LogP contribution is -2.63.